The van der Waals surface area contributed by atoms with E-state index in [4.69, 9.17) is 0 Å². The maximum Gasteiger partial charge on any atom is 0.273 e. The molecule has 1 atom stereocenters. The van der Waals surface area contributed by atoms with Gasteiger partial charge in [0.1, 0.15) is 5.71 Å². The van der Waals surface area contributed by atoms with Gasteiger partial charge in [-0.3, -0.25) is 14.9 Å². The molecule has 1 N–H and O–H groups in total. The molecule has 10 heteroatoms. The molecule has 0 aromatic carbocycles. The average Bonchev–Trinajstić information content (AvgIpc) is 3.10. The van der Waals surface area contributed by atoms with Gasteiger partial charge in [0.05, 0.1) is 23.2 Å². The smallest absolute Gasteiger partial charge is 0.273 e. The molecular weight excluding hydrogens is 388 g/mol. The fraction of sp³-hybridized carbons (Fsp3) is 0.647. The van der Waals surface area contributed by atoms with Crippen LogP contribution in [-0.4, -0.2) is 53.5 Å². The Kier molecular flexibility index (Phi) is 5.02. The van der Waals surface area contributed by atoms with Gasteiger partial charge in [-0.05, 0) is 32.1 Å². The van der Waals surface area contributed by atoms with Crippen molar-refractivity contribution in [2.75, 3.05) is 16.8 Å². The Morgan fingerprint density at radius 1 is 1.15 bits per heavy atom. The number of hydrogen-bond donors (Lipinski definition) is 1. The molecule has 2 amide bonds. The number of carbonyl (C=O) groups is 2. The highest BCUT2D eigenvalue weighted by Crippen LogP contribution is 2.29. The molecule has 0 bridgehead atoms. The van der Waals surface area contributed by atoms with Gasteiger partial charge in [0.25, 0.3) is 5.91 Å². The number of hydrazone groups is 1. The van der Waals surface area contributed by atoms with Crippen molar-refractivity contribution in [3.8, 4) is 0 Å². The van der Waals surface area contributed by atoms with Crippen LogP contribution in [0.15, 0.2) is 5.10 Å². The van der Waals surface area contributed by atoms with Crippen LogP contribution >= 0.6 is 11.3 Å². The topological polar surface area (TPSA) is 109 Å². The molecule has 1 fully saturated rings. The summed E-state index contributed by atoms with van der Waals surface area (Å²) in [6.07, 6.45) is 6.22. The predicted octanol–water partition coefficient (Wildman–Crippen LogP) is 1.52. The summed E-state index contributed by atoms with van der Waals surface area (Å²) in [5.74, 6) is -0.619. The van der Waals surface area contributed by atoms with Crippen molar-refractivity contribution in [1.82, 2.24) is 9.99 Å². The average molecular weight is 411 g/mol. The van der Waals surface area contributed by atoms with Gasteiger partial charge in [0.2, 0.25) is 5.91 Å². The number of amides is 2. The van der Waals surface area contributed by atoms with Crippen LogP contribution in [0.25, 0.3) is 0 Å². The molecule has 1 aromatic rings. The second-order valence-corrected chi connectivity index (χ2v) is 10.6. The third kappa shape index (κ3) is 4.06. The van der Waals surface area contributed by atoms with Crippen LogP contribution in [0.3, 0.4) is 0 Å². The SMILES string of the molecule is O=C(Nc1nc2c(s1)CCCCC2)C1=NN(C2CCS(=O)(=O)C2)C(=O)CC1. The molecule has 2 aliphatic heterocycles. The Bertz CT molecular complexity index is 883. The quantitative estimate of drug-likeness (QED) is 0.760. The molecule has 1 aromatic heterocycles. The van der Waals surface area contributed by atoms with Crippen LogP contribution in [0.1, 0.15) is 49.1 Å². The molecule has 146 valence electrons. The number of sulfone groups is 1. The first-order chi connectivity index (χ1) is 12.9. The van der Waals surface area contributed by atoms with Crippen LogP contribution in [0, 0.1) is 0 Å². The van der Waals surface area contributed by atoms with E-state index in [1.165, 1.54) is 27.6 Å². The third-order valence-electron chi connectivity index (χ3n) is 5.19. The van der Waals surface area contributed by atoms with Gasteiger partial charge in [-0.2, -0.15) is 5.10 Å². The van der Waals surface area contributed by atoms with Crippen molar-refractivity contribution in [2.45, 2.75) is 57.4 Å². The molecule has 1 aliphatic carbocycles. The first kappa shape index (κ1) is 18.5. The molecule has 1 saturated heterocycles. The number of fused-ring (bicyclic) bond motifs is 1. The van der Waals surface area contributed by atoms with E-state index in [1.54, 1.807) is 0 Å². The summed E-state index contributed by atoms with van der Waals surface area (Å²) in [5, 5.41) is 8.80. The van der Waals surface area contributed by atoms with Gasteiger partial charge >= 0.3 is 0 Å². The normalized spacial score (nSPS) is 24.9. The fourth-order valence-corrected chi connectivity index (χ4v) is 6.48. The molecule has 0 saturated carbocycles. The van der Waals surface area contributed by atoms with Gasteiger partial charge < -0.3 is 0 Å². The lowest BCUT2D eigenvalue weighted by Crippen LogP contribution is -2.42. The first-order valence-electron chi connectivity index (χ1n) is 9.31. The van der Waals surface area contributed by atoms with E-state index >= 15 is 0 Å². The zero-order valence-corrected chi connectivity index (χ0v) is 16.6. The van der Waals surface area contributed by atoms with Crippen LogP contribution in [0.2, 0.25) is 0 Å². The molecule has 1 unspecified atom stereocenters. The van der Waals surface area contributed by atoms with Crippen molar-refractivity contribution < 1.29 is 18.0 Å². The van der Waals surface area contributed by atoms with E-state index in [-0.39, 0.29) is 41.9 Å². The molecular formula is C17H22N4O4S2. The number of carbonyl (C=O) groups excluding carboxylic acids is 2. The van der Waals surface area contributed by atoms with E-state index in [9.17, 15) is 18.0 Å². The van der Waals surface area contributed by atoms with Gasteiger partial charge in [-0.25, -0.2) is 18.4 Å². The fourth-order valence-electron chi connectivity index (χ4n) is 3.74. The summed E-state index contributed by atoms with van der Waals surface area (Å²) in [5.41, 5.74) is 1.33. The summed E-state index contributed by atoms with van der Waals surface area (Å²) >= 11 is 1.51. The van der Waals surface area contributed by atoms with Crippen LogP contribution < -0.4 is 5.32 Å². The number of thiazole rings is 1. The van der Waals surface area contributed by atoms with E-state index in [1.807, 2.05) is 0 Å². The highest BCUT2D eigenvalue weighted by Gasteiger charge is 2.37. The molecule has 27 heavy (non-hydrogen) atoms. The van der Waals surface area contributed by atoms with E-state index < -0.39 is 15.9 Å². The molecule has 0 spiro atoms. The molecule has 8 nitrogen and oxygen atoms in total. The minimum atomic E-state index is -3.13. The minimum Gasteiger partial charge on any atom is -0.297 e. The number of aromatic nitrogens is 1. The lowest BCUT2D eigenvalue weighted by molar-refractivity contribution is -0.133. The summed E-state index contributed by atoms with van der Waals surface area (Å²) in [6, 6.07) is -0.471. The zero-order chi connectivity index (χ0) is 19.0. The van der Waals surface area contributed by atoms with Gasteiger partial charge in [-0.1, -0.05) is 6.42 Å². The monoisotopic (exact) mass is 410 g/mol. The van der Waals surface area contributed by atoms with Crippen LogP contribution in [0.4, 0.5) is 5.13 Å². The summed E-state index contributed by atoms with van der Waals surface area (Å²) in [7, 11) is -3.13. The second-order valence-electron chi connectivity index (χ2n) is 7.25. The van der Waals surface area contributed by atoms with Gasteiger partial charge in [-0.15, -0.1) is 11.3 Å². The van der Waals surface area contributed by atoms with E-state index in [2.05, 4.69) is 15.4 Å². The van der Waals surface area contributed by atoms with Crippen LogP contribution in [-0.2, 0) is 32.3 Å². The number of rotatable bonds is 3. The Morgan fingerprint density at radius 3 is 2.74 bits per heavy atom. The van der Waals surface area contributed by atoms with Crippen molar-refractivity contribution in [3.63, 3.8) is 0 Å². The Hall–Kier alpha value is -1.81. The maximum absolute atomic E-state index is 12.6. The first-order valence-corrected chi connectivity index (χ1v) is 11.9. The predicted molar refractivity (Wildman–Crippen MR) is 103 cm³/mol. The van der Waals surface area contributed by atoms with E-state index in [0.717, 1.165) is 31.4 Å². The third-order valence-corrected chi connectivity index (χ3v) is 8.02. The number of nitrogens with zero attached hydrogens (tertiary/aromatic N) is 3. The maximum atomic E-state index is 12.6. The molecule has 0 radical (unpaired) electrons. The molecule has 4 rings (SSSR count). The minimum absolute atomic E-state index is 0.0587. The lowest BCUT2D eigenvalue weighted by atomic mass is 10.1. The number of aryl methyl sites for hydroxylation is 2. The van der Waals surface area contributed by atoms with Crippen molar-refractivity contribution in [2.24, 2.45) is 5.10 Å². The summed E-state index contributed by atoms with van der Waals surface area (Å²) in [6.45, 7) is 0. The molecule has 3 heterocycles. The largest absolute Gasteiger partial charge is 0.297 e. The lowest BCUT2D eigenvalue weighted by Gasteiger charge is -2.27. The number of hydrogen-bond acceptors (Lipinski definition) is 7. The van der Waals surface area contributed by atoms with Gasteiger partial charge in [0.15, 0.2) is 15.0 Å². The van der Waals surface area contributed by atoms with Crippen molar-refractivity contribution in [3.05, 3.63) is 10.6 Å². The summed E-state index contributed by atoms with van der Waals surface area (Å²) < 4.78 is 23.4. The van der Waals surface area contributed by atoms with Gasteiger partial charge in [0, 0.05) is 17.7 Å². The number of anilines is 1. The second kappa shape index (κ2) is 7.31. The van der Waals surface area contributed by atoms with E-state index in [0.29, 0.717) is 11.6 Å². The zero-order valence-electron chi connectivity index (χ0n) is 14.9. The Labute approximate surface area is 162 Å². The molecule has 3 aliphatic rings. The standard InChI is InChI=1S/C17H22N4O4S2/c22-15-7-6-13(20-21(15)11-8-9-27(24,25)10-11)16(23)19-17-18-12-4-2-1-3-5-14(12)26-17/h11H,1-10H2,(H,18,19,23). The highest BCUT2D eigenvalue weighted by atomic mass is 32.2. The Balaban J connectivity index is 1.48. The van der Waals surface area contributed by atoms with Crippen molar-refractivity contribution in [1.29, 1.82) is 0 Å². The number of nitrogens with one attached hydrogen (secondary N) is 1. The highest BCUT2D eigenvalue weighted by molar-refractivity contribution is 7.91. The van der Waals surface area contributed by atoms with Crippen molar-refractivity contribution >= 4 is 43.8 Å². The van der Waals surface area contributed by atoms with Crippen LogP contribution in [0.5, 0.6) is 0 Å². The Morgan fingerprint density at radius 2 is 1.96 bits per heavy atom. The summed E-state index contributed by atoms with van der Waals surface area (Å²) in [4.78, 5) is 30.6.